The van der Waals surface area contributed by atoms with Crippen LogP contribution in [0.4, 0.5) is 18.9 Å². The monoisotopic (exact) mass is 310 g/mol. The molecule has 1 aromatic carbocycles. The topological polar surface area (TPSA) is 71.3 Å². The molecule has 0 bridgehead atoms. The molecular formula is C14H9F3N2O3. The van der Waals surface area contributed by atoms with Gasteiger partial charge in [-0.2, -0.15) is 13.2 Å². The molecule has 1 aliphatic heterocycles. The molecule has 114 valence electrons. The van der Waals surface area contributed by atoms with Crippen LogP contribution in [0.5, 0.6) is 0 Å². The third kappa shape index (κ3) is 2.67. The molecule has 1 aromatic heterocycles. The Morgan fingerprint density at radius 2 is 1.95 bits per heavy atom. The lowest BCUT2D eigenvalue weighted by Gasteiger charge is -2.09. The molecule has 22 heavy (non-hydrogen) atoms. The van der Waals surface area contributed by atoms with Gasteiger partial charge in [-0.25, -0.2) is 0 Å². The van der Waals surface area contributed by atoms with E-state index in [0.717, 1.165) is 0 Å². The summed E-state index contributed by atoms with van der Waals surface area (Å²) in [4.78, 5) is 22.9. The summed E-state index contributed by atoms with van der Waals surface area (Å²) >= 11 is 0. The Morgan fingerprint density at radius 1 is 1.18 bits per heavy atom. The number of rotatable bonds is 2. The smallest absolute Gasteiger partial charge is 0.449 e. The second-order valence-electron chi connectivity index (χ2n) is 4.70. The van der Waals surface area contributed by atoms with E-state index < -0.39 is 17.4 Å². The largest absolute Gasteiger partial charge is 0.451 e. The molecule has 0 spiro atoms. The summed E-state index contributed by atoms with van der Waals surface area (Å²) in [5, 5.41) is 5.50. The molecule has 0 saturated heterocycles. The Morgan fingerprint density at radius 3 is 2.59 bits per heavy atom. The highest BCUT2D eigenvalue weighted by Crippen LogP contribution is 2.30. The minimum atomic E-state index is -4.72. The minimum absolute atomic E-state index is 0.0240. The number of amides is 1. The molecule has 0 radical (unpaired) electrons. The van der Waals surface area contributed by atoms with E-state index in [4.69, 9.17) is 4.42 Å². The van der Waals surface area contributed by atoms with Crippen molar-refractivity contribution in [2.24, 2.45) is 0 Å². The number of nitrogens with one attached hydrogen (secondary N) is 2. The lowest BCUT2D eigenvalue weighted by molar-refractivity contribution is -0.152. The number of hydrogen-bond donors (Lipinski definition) is 2. The lowest BCUT2D eigenvalue weighted by Crippen LogP contribution is -2.16. The molecule has 2 aromatic rings. The van der Waals surface area contributed by atoms with Gasteiger partial charge in [0.15, 0.2) is 5.43 Å². The van der Waals surface area contributed by atoms with Crippen molar-refractivity contribution in [1.29, 1.82) is 0 Å². The molecule has 2 heterocycles. The van der Waals surface area contributed by atoms with Gasteiger partial charge in [0.2, 0.25) is 11.7 Å². The highest BCUT2D eigenvalue weighted by atomic mass is 19.4. The Balaban J connectivity index is 2.00. The van der Waals surface area contributed by atoms with Crippen LogP contribution in [-0.4, -0.2) is 12.5 Å². The van der Waals surface area contributed by atoms with Gasteiger partial charge < -0.3 is 15.1 Å². The van der Waals surface area contributed by atoms with Crippen molar-refractivity contribution >= 4 is 22.6 Å². The van der Waals surface area contributed by atoms with Crippen molar-refractivity contribution in [3.8, 4) is 0 Å². The number of benzene rings is 1. The molecule has 1 amide bonds. The van der Waals surface area contributed by atoms with Crippen LogP contribution in [0.2, 0.25) is 0 Å². The van der Waals surface area contributed by atoms with Crippen LogP contribution in [0.3, 0.4) is 0 Å². The first-order chi connectivity index (χ1) is 10.3. The highest BCUT2D eigenvalue weighted by Gasteiger charge is 2.34. The van der Waals surface area contributed by atoms with Gasteiger partial charge in [-0.05, 0) is 18.2 Å². The van der Waals surface area contributed by atoms with Gasteiger partial charge in [-0.15, -0.1) is 0 Å². The molecular weight excluding hydrogens is 301 g/mol. The highest BCUT2D eigenvalue weighted by molar-refractivity contribution is 5.92. The van der Waals surface area contributed by atoms with E-state index in [1.165, 1.54) is 24.3 Å². The molecule has 0 saturated carbocycles. The van der Waals surface area contributed by atoms with Crippen LogP contribution in [0, 0.1) is 0 Å². The average Bonchev–Trinajstić information content (AvgIpc) is 2.83. The molecule has 8 heteroatoms. The van der Waals surface area contributed by atoms with Crippen LogP contribution in [-0.2, 0) is 11.0 Å². The third-order valence-corrected chi connectivity index (χ3v) is 3.07. The summed E-state index contributed by atoms with van der Waals surface area (Å²) in [6.07, 6.45) is -3.36. The van der Waals surface area contributed by atoms with Crippen LogP contribution < -0.4 is 16.1 Å². The maximum absolute atomic E-state index is 12.6. The predicted octanol–water partition coefficient (Wildman–Crippen LogP) is 2.24. The number of halogens is 3. The average molecular weight is 310 g/mol. The van der Waals surface area contributed by atoms with Crippen molar-refractivity contribution in [2.75, 3.05) is 11.9 Å². The molecule has 0 unspecified atom stereocenters. The number of anilines is 1. The van der Waals surface area contributed by atoms with Crippen molar-refractivity contribution in [2.45, 2.75) is 6.18 Å². The van der Waals surface area contributed by atoms with E-state index in [0.29, 0.717) is 24.0 Å². The third-order valence-electron chi connectivity index (χ3n) is 3.07. The van der Waals surface area contributed by atoms with Gasteiger partial charge in [0.1, 0.15) is 5.58 Å². The van der Waals surface area contributed by atoms with Crippen molar-refractivity contribution in [1.82, 2.24) is 5.32 Å². The first kappa shape index (κ1) is 14.2. The second kappa shape index (κ2) is 4.90. The van der Waals surface area contributed by atoms with Gasteiger partial charge in [0, 0.05) is 23.5 Å². The van der Waals surface area contributed by atoms with Crippen molar-refractivity contribution < 1.29 is 22.4 Å². The lowest BCUT2D eigenvalue weighted by atomic mass is 10.2. The maximum Gasteiger partial charge on any atom is 0.449 e. The summed E-state index contributed by atoms with van der Waals surface area (Å²) < 4.78 is 42.5. The second-order valence-corrected chi connectivity index (χ2v) is 4.70. The summed E-state index contributed by atoms with van der Waals surface area (Å²) in [5.74, 6) is -1.57. The number of carbonyl (C=O) groups is 1. The molecule has 5 nitrogen and oxygen atoms in total. The van der Waals surface area contributed by atoms with Gasteiger partial charge in [-0.1, -0.05) is 0 Å². The van der Waals surface area contributed by atoms with Crippen molar-refractivity contribution in [3.63, 3.8) is 0 Å². The van der Waals surface area contributed by atoms with Gasteiger partial charge >= 0.3 is 6.18 Å². The standard InChI is InChI=1S/C14H9F3N2O3/c15-14(16,17)12-5-10(20)9-3-7(1-2-11(9)22-12)19-8-4-13(21)18-6-8/h1-5,19H,6H2,(H,18,21). The number of carbonyl (C=O) groups excluding carboxylic acids is 1. The van der Waals surface area contributed by atoms with Gasteiger partial charge in [0.25, 0.3) is 0 Å². The van der Waals surface area contributed by atoms with Crippen LogP contribution >= 0.6 is 0 Å². The quantitative estimate of drug-likeness (QED) is 0.892. The maximum atomic E-state index is 12.6. The van der Waals surface area contributed by atoms with E-state index >= 15 is 0 Å². The number of fused-ring (bicyclic) bond motifs is 1. The minimum Gasteiger partial charge on any atom is -0.451 e. The zero-order valence-electron chi connectivity index (χ0n) is 11.0. The van der Waals surface area contributed by atoms with E-state index in [1.807, 2.05) is 0 Å². The van der Waals surface area contributed by atoms with E-state index in [9.17, 15) is 22.8 Å². The summed E-state index contributed by atoms with van der Waals surface area (Å²) in [6, 6.07) is 4.55. The SMILES string of the molecule is O=C1C=C(Nc2ccc3oc(C(F)(F)F)cc(=O)c3c2)CN1. The molecule has 0 aliphatic carbocycles. The van der Waals surface area contributed by atoms with E-state index in [-0.39, 0.29) is 16.9 Å². The zero-order valence-corrected chi connectivity index (χ0v) is 11.0. The van der Waals surface area contributed by atoms with Crippen molar-refractivity contribution in [3.05, 3.63) is 52.0 Å². The Hall–Kier alpha value is -2.77. The molecule has 2 N–H and O–H groups in total. The fourth-order valence-corrected chi connectivity index (χ4v) is 2.08. The van der Waals surface area contributed by atoms with Crippen LogP contribution in [0.15, 0.2) is 45.3 Å². The van der Waals surface area contributed by atoms with Gasteiger partial charge in [0.05, 0.1) is 11.9 Å². The summed E-state index contributed by atoms with van der Waals surface area (Å²) in [5.41, 5.74) is 0.134. The normalized spacial score (nSPS) is 14.9. The molecule has 0 atom stereocenters. The summed E-state index contributed by atoms with van der Waals surface area (Å²) in [7, 11) is 0. The molecule has 0 fully saturated rings. The molecule has 1 aliphatic rings. The van der Waals surface area contributed by atoms with E-state index in [1.54, 1.807) is 0 Å². The number of alkyl halides is 3. The fourth-order valence-electron chi connectivity index (χ4n) is 2.08. The Labute approximate surface area is 121 Å². The van der Waals surface area contributed by atoms with Crippen LogP contribution in [0.25, 0.3) is 11.0 Å². The first-order valence-corrected chi connectivity index (χ1v) is 6.23. The summed E-state index contributed by atoms with van der Waals surface area (Å²) in [6.45, 7) is 0.318. The fraction of sp³-hybridized carbons (Fsp3) is 0.143. The Kier molecular flexibility index (Phi) is 3.16. The molecule has 3 rings (SSSR count). The number of hydrogen-bond acceptors (Lipinski definition) is 4. The first-order valence-electron chi connectivity index (χ1n) is 6.23. The predicted molar refractivity (Wildman–Crippen MR) is 72.2 cm³/mol. The van der Waals surface area contributed by atoms with Gasteiger partial charge in [-0.3, -0.25) is 9.59 Å². The zero-order chi connectivity index (χ0) is 15.9. The van der Waals surface area contributed by atoms with E-state index in [2.05, 4.69) is 10.6 Å². The van der Waals surface area contributed by atoms with Crippen LogP contribution in [0.1, 0.15) is 5.76 Å². The Bertz CT molecular complexity index is 853.